The van der Waals surface area contributed by atoms with Crippen LogP contribution >= 0.6 is 11.8 Å². The van der Waals surface area contributed by atoms with Gasteiger partial charge < -0.3 is 14.5 Å². The molecule has 6 heteroatoms. The third-order valence-electron chi connectivity index (χ3n) is 5.20. The smallest absolute Gasteiger partial charge is 0.251 e. The molecule has 0 aliphatic heterocycles. The van der Waals surface area contributed by atoms with Crippen molar-refractivity contribution in [3.05, 3.63) is 66.1 Å². The first-order chi connectivity index (χ1) is 13.6. The van der Waals surface area contributed by atoms with Crippen LogP contribution in [-0.4, -0.2) is 32.0 Å². The fraction of sp³-hybridized carbons (Fsp3) is 0.273. The molecular formula is C22H24N4OS. The van der Waals surface area contributed by atoms with E-state index in [0.717, 1.165) is 39.9 Å². The molecule has 144 valence electrons. The van der Waals surface area contributed by atoms with Gasteiger partial charge in [0.2, 0.25) is 0 Å². The molecule has 0 bridgehead atoms. The van der Waals surface area contributed by atoms with Gasteiger partial charge in [0.15, 0.2) is 0 Å². The lowest BCUT2D eigenvalue weighted by Gasteiger charge is -2.18. The highest BCUT2D eigenvalue weighted by Gasteiger charge is 2.21. The normalized spacial score (nSPS) is 12.5. The maximum Gasteiger partial charge on any atom is 0.251 e. The Kier molecular flexibility index (Phi) is 5.13. The van der Waals surface area contributed by atoms with Crippen LogP contribution in [0.1, 0.15) is 28.6 Å². The molecule has 0 saturated carbocycles. The van der Waals surface area contributed by atoms with Gasteiger partial charge in [0.05, 0.1) is 17.1 Å². The van der Waals surface area contributed by atoms with E-state index in [-0.39, 0.29) is 11.9 Å². The minimum atomic E-state index is -0.135. The molecule has 28 heavy (non-hydrogen) atoms. The molecule has 2 heterocycles. The summed E-state index contributed by atoms with van der Waals surface area (Å²) in [5.41, 5.74) is 3.82. The molecule has 4 rings (SSSR count). The number of hydrogen-bond donors (Lipinski definition) is 1. The zero-order valence-electron chi connectivity index (χ0n) is 16.3. The topological polar surface area (TPSA) is 51.9 Å². The molecule has 2 aromatic heterocycles. The molecule has 2 aromatic carbocycles. The lowest BCUT2D eigenvalue weighted by atomic mass is 10.1. The summed E-state index contributed by atoms with van der Waals surface area (Å²) in [6.45, 7) is 0. The van der Waals surface area contributed by atoms with Crippen LogP contribution in [0.3, 0.4) is 0 Å². The highest BCUT2D eigenvalue weighted by atomic mass is 32.2. The third-order valence-corrected chi connectivity index (χ3v) is 5.84. The maximum atomic E-state index is 13.0. The number of benzene rings is 2. The quantitative estimate of drug-likeness (QED) is 0.533. The summed E-state index contributed by atoms with van der Waals surface area (Å²) in [5, 5.41) is 4.28. The number of aromatic nitrogens is 3. The van der Waals surface area contributed by atoms with Crippen LogP contribution in [0.5, 0.6) is 0 Å². The largest absolute Gasteiger partial charge is 0.351 e. The van der Waals surface area contributed by atoms with Crippen LogP contribution in [0, 0.1) is 0 Å². The molecule has 0 radical (unpaired) electrons. The van der Waals surface area contributed by atoms with E-state index < -0.39 is 0 Å². The first-order valence-electron chi connectivity index (χ1n) is 9.34. The number of carbonyl (C=O) groups excluding carboxylic acids is 1. The Hall–Kier alpha value is -2.73. The van der Waals surface area contributed by atoms with E-state index in [1.807, 2.05) is 62.8 Å². The van der Waals surface area contributed by atoms with Crippen LogP contribution in [0.4, 0.5) is 0 Å². The van der Waals surface area contributed by atoms with Crippen molar-refractivity contribution < 1.29 is 4.79 Å². The molecule has 0 spiro atoms. The second-order valence-corrected chi connectivity index (χ2v) is 8.01. The van der Waals surface area contributed by atoms with E-state index in [1.54, 1.807) is 11.8 Å². The van der Waals surface area contributed by atoms with Crippen molar-refractivity contribution in [3.63, 3.8) is 0 Å². The van der Waals surface area contributed by atoms with E-state index in [1.165, 1.54) is 0 Å². The standard InChI is InChI=1S/C22H24N4OS/c1-25-12-10-15-14-16(8-9-19(15)25)22(27)24-18(11-13-28-3)21-23-17-6-4-5-7-20(17)26(21)2/h4-10,12,14,18H,11,13H2,1-3H3,(H,24,27)/t18-/m0/s1. The predicted molar refractivity (Wildman–Crippen MR) is 117 cm³/mol. The summed E-state index contributed by atoms with van der Waals surface area (Å²) >= 11 is 1.77. The van der Waals surface area contributed by atoms with Crippen molar-refractivity contribution >= 4 is 39.6 Å². The minimum Gasteiger partial charge on any atom is -0.351 e. The average Bonchev–Trinajstić information content (AvgIpc) is 3.25. The predicted octanol–water partition coefficient (Wildman–Crippen LogP) is 4.29. The zero-order valence-corrected chi connectivity index (χ0v) is 17.2. The fourth-order valence-corrected chi connectivity index (χ4v) is 4.11. The van der Waals surface area contributed by atoms with E-state index in [9.17, 15) is 4.79 Å². The van der Waals surface area contributed by atoms with E-state index >= 15 is 0 Å². The average molecular weight is 393 g/mol. The Balaban J connectivity index is 1.64. The number of nitrogens with zero attached hydrogens (tertiary/aromatic N) is 3. The molecule has 1 amide bonds. The number of nitrogens with one attached hydrogen (secondary N) is 1. The molecule has 0 fully saturated rings. The summed E-state index contributed by atoms with van der Waals surface area (Å²) in [7, 11) is 4.02. The molecule has 1 atom stereocenters. The number of aryl methyl sites for hydroxylation is 2. The number of carbonyl (C=O) groups is 1. The monoisotopic (exact) mass is 392 g/mol. The molecule has 0 unspecified atom stereocenters. The fourth-order valence-electron chi connectivity index (χ4n) is 3.64. The SMILES string of the molecule is CSCC[C@H](NC(=O)c1ccc2c(ccn2C)c1)c1nc2ccccc2n1C. The number of fused-ring (bicyclic) bond motifs is 2. The molecule has 0 aliphatic rings. The first kappa shape index (κ1) is 18.6. The second-order valence-electron chi connectivity index (χ2n) is 7.03. The molecule has 1 N–H and O–H groups in total. The number of amides is 1. The third kappa shape index (κ3) is 3.40. The zero-order chi connectivity index (χ0) is 19.7. The molecule has 4 aromatic rings. The summed E-state index contributed by atoms with van der Waals surface area (Å²) in [4.78, 5) is 17.8. The van der Waals surface area contributed by atoms with Crippen molar-refractivity contribution in [1.82, 2.24) is 19.4 Å². The lowest BCUT2D eigenvalue weighted by Crippen LogP contribution is -2.30. The summed E-state index contributed by atoms with van der Waals surface area (Å²) in [6, 6.07) is 15.8. The first-order valence-corrected chi connectivity index (χ1v) is 10.7. The number of hydrogen-bond acceptors (Lipinski definition) is 3. The van der Waals surface area contributed by atoms with Gasteiger partial charge in [0.25, 0.3) is 5.91 Å². The van der Waals surface area contributed by atoms with Gasteiger partial charge in [-0.3, -0.25) is 4.79 Å². The second kappa shape index (κ2) is 7.72. The van der Waals surface area contributed by atoms with Crippen LogP contribution in [0.15, 0.2) is 54.7 Å². The van der Waals surface area contributed by atoms with Crippen molar-refractivity contribution in [2.75, 3.05) is 12.0 Å². The van der Waals surface area contributed by atoms with E-state index in [4.69, 9.17) is 4.98 Å². The van der Waals surface area contributed by atoms with Gasteiger partial charge in [-0.2, -0.15) is 11.8 Å². The number of para-hydroxylation sites is 2. The van der Waals surface area contributed by atoms with Gasteiger partial charge in [0, 0.05) is 36.8 Å². The summed E-state index contributed by atoms with van der Waals surface area (Å²) < 4.78 is 4.14. The maximum absolute atomic E-state index is 13.0. The van der Waals surface area contributed by atoms with Gasteiger partial charge >= 0.3 is 0 Å². The summed E-state index contributed by atoms with van der Waals surface area (Å²) in [6.07, 6.45) is 4.92. The Labute approximate surface area is 168 Å². The highest BCUT2D eigenvalue weighted by Crippen LogP contribution is 2.24. The van der Waals surface area contributed by atoms with Crippen molar-refractivity contribution in [3.8, 4) is 0 Å². The van der Waals surface area contributed by atoms with Gasteiger partial charge in [-0.1, -0.05) is 12.1 Å². The lowest BCUT2D eigenvalue weighted by molar-refractivity contribution is 0.0933. The van der Waals surface area contributed by atoms with Crippen molar-refractivity contribution in [2.24, 2.45) is 14.1 Å². The number of imidazole rings is 1. The Morgan fingerprint density at radius 2 is 1.96 bits per heavy atom. The highest BCUT2D eigenvalue weighted by molar-refractivity contribution is 7.98. The van der Waals surface area contributed by atoms with Crippen LogP contribution in [-0.2, 0) is 14.1 Å². The molecular weight excluding hydrogens is 368 g/mol. The molecule has 0 saturated heterocycles. The van der Waals surface area contributed by atoms with Gasteiger partial charge in [0.1, 0.15) is 5.82 Å². The van der Waals surface area contributed by atoms with Crippen LogP contribution in [0.2, 0.25) is 0 Å². The minimum absolute atomic E-state index is 0.0658. The number of thioether (sulfide) groups is 1. The Bertz CT molecular complexity index is 1140. The van der Waals surface area contributed by atoms with Gasteiger partial charge in [-0.15, -0.1) is 0 Å². The molecule has 0 aliphatic carbocycles. The van der Waals surface area contributed by atoms with Crippen molar-refractivity contribution in [2.45, 2.75) is 12.5 Å². The van der Waals surface area contributed by atoms with Gasteiger partial charge in [-0.25, -0.2) is 4.98 Å². The molecule has 5 nitrogen and oxygen atoms in total. The van der Waals surface area contributed by atoms with E-state index in [2.05, 4.69) is 26.8 Å². The number of rotatable bonds is 6. The van der Waals surface area contributed by atoms with Crippen LogP contribution in [0.25, 0.3) is 21.9 Å². The van der Waals surface area contributed by atoms with Gasteiger partial charge in [-0.05, 0) is 54.8 Å². The Morgan fingerprint density at radius 1 is 1.14 bits per heavy atom. The summed E-state index contributed by atoms with van der Waals surface area (Å²) in [5.74, 6) is 1.78. The van der Waals surface area contributed by atoms with Crippen LogP contribution < -0.4 is 5.32 Å². The van der Waals surface area contributed by atoms with Crippen molar-refractivity contribution in [1.29, 1.82) is 0 Å². The van der Waals surface area contributed by atoms with E-state index in [0.29, 0.717) is 5.56 Å². The Morgan fingerprint density at radius 3 is 2.75 bits per heavy atom.